The Labute approximate surface area is 143 Å². The summed E-state index contributed by atoms with van der Waals surface area (Å²) >= 11 is 0. The molecule has 0 bridgehead atoms. The fourth-order valence-corrected chi connectivity index (χ4v) is 3.95. The van der Waals surface area contributed by atoms with Crippen LogP contribution >= 0.6 is 0 Å². The summed E-state index contributed by atoms with van der Waals surface area (Å²) in [5.41, 5.74) is 2.94. The maximum Gasteiger partial charge on any atom is 0.0453 e. The van der Waals surface area contributed by atoms with Crippen LogP contribution in [0.1, 0.15) is 82.8 Å². The van der Waals surface area contributed by atoms with Crippen molar-refractivity contribution in [3.8, 4) is 0 Å². The predicted molar refractivity (Wildman–Crippen MR) is 101 cm³/mol. The van der Waals surface area contributed by atoms with Crippen molar-refractivity contribution in [2.45, 2.75) is 77.2 Å². The second-order valence-corrected chi connectivity index (χ2v) is 7.01. The molecule has 0 saturated carbocycles. The van der Waals surface area contributed by atoms with Crippen LogP contribution in [-0.2, 0) is 5.54 Å². The minimum atomic E-state index is 0.0295. The smallest absolute Gasteiger partial charge is 0.0453 e. The lowest BCUT2D eigenvalue weighted by atomic mass is 9.79. The number of benzene rings is 1. The Balaban J connectivity index is 3.20. The average molecular weight is 320 g/mol. The number of hydrogen-bond donors (Lipinski definition) is 1. The van der Waals surface area contributed by atoms with E-state index in [2.05, 4.69) is 64.0 Å². The summed E-state index contributed by atoms with van der Waals surface area (Å²) in [5.74, 6) is 0.680. The van der Waals surface area contributed by atoms with Crippen molar-refractivity contribution in [2.75, 3.05) is 20.7 Å². The lowest BCUT2D eigenvalue weighted by molar-refractivity contribution is 0.118. The number of aliphatic hydroxyl groups excluding tert-OH is 1. The highest BCUT2D eigenvalue weighted by Gasteiger charge is 2.32. The highest BCUT2D eigenvalue weighted by Crippen LogP contribution is 2.37. The van der Waals surface area contributed by atoms with Gasteiger partial charge in [0.05, 0.1) is 0 Å². The number of hydrogen-bond acceptors (Lipinski definition) is 2. The Hall–Kier alpha value is -0.860. The van der Waals surface area contributed by atoms with Gasteiger partial charge in [-0.25, -0.2) is 0 Å². The van der Waals surface area contributed by atoms with Crippen molar-refractivity contribution in [1.82, 2.24) is 4.90 Å². The van der Waals surface area contributed by atoms with Gasteiger partial charge in [0.15, 0.2) is 0 Å². The molecule has 2 nitrogen and oxygen atoms in total. The molecular formula is C21H37NO. The average Bonchev–Trinajstić information content (AvgIpc) is 2.56. The Bertz CT molecular complexity index is 437. The summed E-state index contributed by atoms with van der Waals surface area (Å²) in [5, 5.41) is 9.32. The summed E-state index contributed by atoms with van der Waals surface area (Å²) in [6.07, 6.45) is 7.95. The van der Waals surface area contributed by atoms with Crippen molar-refractivity contribution in [2.24, 2.45) is 0 Å². The van der Waals surface area contributed by atoms with E-state index in [1.165, 1.54) is 36.8 Å². The van der Waals surface area contributed by atoms with Gasteiger partial charge in [0.2, 0.25) is 0 Å². The fraction of sp³-hybridized carbons (Fsp3) is 0.714. The molecule has 0 aromatic heterocycles. The molecule has 1 aromatic carbocycles. The molecule has 0 spiro atoms. The van der Waals surface area contributed by atoms with Crippen LogP contribution in [0.2, 0.25) is 0 Å². The molecule has 23 heavy (non-hydrogen) atoms. The number of nitrogens with zero attached hydrogens (tertiary/aromatic N) is 1. The van der Waals surface area contributed by atoms with E-state index >= 15 is 0 Å². The summed E-state index contributed by atoms with van der Waals surface area (Å²) in [7, 11) is 4.34. The second-order valence-electron chi connectivity index (χ2n) is 7.01. The van der Waals surface area contributed by atoms with E-state index in [-0.39, 0.29) is 12.1 Å². The lowest BCUT2D eigenvalue weighted by Crippen LogP contribution is -2.41. The molecule has 2 heteroatoms. The SMILES string of the molecule is CCCC(CCC)c1cccc(C(CC)(CCCO)N(C)C)c1. The van der Waals surface area contributed by atoms with Gasteiger partial charge in [-0.3, -0.25) is 4.90 Å². The highest BCUT2D eigenvalue weighted by atomic mass is 16.2. The van der Waals surface area contributed by atoms with E-state index in [0.29, 0.717) is 5.92 Å². The van der Waals surface area contributed by atoms with E-state index < -0.39 is 0 Å². The third-order valence-electron chi connectivity index (χ3n) is 5.36. The van der Waals surface area contributed by atoms with Crippen LogP contribution in [0.15, 0.2) is 24.3 Å². The Morgan fingerprint density at radius 2 is 1.74 bits per heavy atom. The molecule has 0 aliphatic carbocycles. The third kappa shape index (κ3) is 5.06. The molecule has 0 fully saturated rings. The normalized spacial score (nSPS) is 14.4. The first-order valence-electron chi connectivity index (χ1n) is 9.44. The monoisotopic (exact) mass is 319 g/mol. The van der Waals surface area contributed by atoms with Gasteiger partial charge in [0.1, 0.15) is 0 Å². The fourth-order valence-electron chi connectivity index (χ4n) is 3.95. The maximum absolute atomic E-state index is 9.32. The zero-order valence-electron chi connectivity index (χ0n) is 15.9. The molecule has 1 rings (SSSR count). The van der Waals surface area contributed by atoms with Crippen molar-refractivity contribution in [3.63, 3.8) is 0 Å². The van der Waals surface area contributed by atoms with E-state index in [9.17, 15) is 5.11 Å². The largest absolute Gasteiger partial charge is 0.396 e. The summed E-state index contributed by atoms with van der Waals surface area (Å²) in [4.78, 5) is 2.34. The van der Waals surface area contributed by atoms with Crippen LogP contribution in [0, 0.1) is 0 Å². The molecule has 0 heterocycles. The van der Waals surface area contributed by atoms with Gasteiger partial charge in [-0.2, -0.15) is 0 Å². The zero-order chi connectivity index (χ0) is 17.3. The summed E-state index contributed by atoms with van der Waals surface area (Å²) < 4.78 is 0. The van der Waals surface area contributed by atoms with E-state index in [0.717, 1.165) is 19.3 Å². The van der Waals surface area contributed by atoms with Crippen LogP contribution in [0.5, 0.6) is 0 Å². The van der Waals surface area contributed by atoms with Gasteiger partial charge in [0.25, 0.3) is 0 Å². The zero-order valence-corrected chi connectivity index (χ0v) is 15.9. The molecule has 0 aliphatic rings. The van der Waals surface area contributed by atoms with Crippen LogP contribution in [0.4, 0.5) is 0 Å². The van der Waals surface area contributed by atoms with Gasteiger partial charge in [0, 0.05) is 12.1 Å². The van der Waals surface area contributed by atoms with Crippen LogP contribution in [0.3, 0.4) is 0 Å². The molecule has 1 unspecified atom stereocenters. The molecule has 1 atom stereocenters. The first-order chi connectivity index (χ1) is 11.1. The van der Waals surface area contributed by atoms with Gasteiger partial charge >= 0.3 is 0 Å². The lowest BCUT2D eigenvalue weighted by Gasteiger charge is -2.40. The summed E-state index contributed by atoms with van der Waals surface area (Å²) in [6.45, 7) is 7.09. The molecule has 1 N–H and O–H groups in total. The summed E-state index contributed by atoms with van der Waals surface area (Å²) in [6, 6.07) is 9.26. The van der Waals surface area contributed by atoms with E-state index in [4.69, 9.17) is 0 Å². The van der Waals surface area contributed by atoms with Crippen LogP contribution in [0.25, 0.3) is 0 Å². The van der Waals surface area contributed by atoms with Crippen molar-refractivity contribution < 1.29 is 5.11 Å². The van der Waals surface area contributed by atoms with Crippen molar-refractivity contribution in [1.29, 1.82) is 0 Å². The maximum atomic E-state index is 9.32. The molecule has 0 saturated heterocycles. The Morgan fingerprint density at radius 3 is 2.22 bits per heavy atom. The molecule has 0 amide bonds. The first-order valence-corrected chi connectivity index (χ1v) is 9.44. The van der Waals surface area contributed by atoms with E-state index in [1.54, 1.807) is 0 Å². The van der Waals surface area contributed by atoms with E-state index in [1.807, 2.05) is 0 Å². The molecule has 0 radical (unpaired) electrons. The first kappa shape index (κ1) is 20.2. The minimum absolute atomic E-state index is 0.0295. The van der Waals surface area contributed by atoms with Crippen LogP contribution < -0.4 is 0 Å². The van der Waals surface area contributed by atoms with Crippen molar-refractivity contribution >= 4 is 0 Å². The van der Waals surface area contributed by atoms with Gasteiger partial charge in [-0.15, -0.1) is 0 Å². The van der Waals surface area contributed by atoms with Gasteiger partial charge in [-0.05, 0) is 63.2 Å². The molecule has 0 aliphatic heterocycles. The number of rotatable bonds is 11. The molecule has 132 valence electrons. The van der Waals surface area contributed by atoms with Crippen LogP contribution in [-0.4, -0.2) is 30.7 Å². The van der Waals surface area contributed by atoms with Gasteiger partial charge < -0.3 is 5.11 Å². The molecule has 1 aromatic rings. The number of aliphatic hydroxyl groups is 1. The minimum Gasteiger partial charge on any atom is -0.396 e. The topological polar surface area (TPSA) is 23.5 Å². The molecular weight excluding hydrogens is 282 g/mol. The van der Waals surface area contributed by atoms with Gasteiger partial charge in [-0.1, -0.05) is 57.9 Å². The van der Waals surface area contributed by atoms with Crippen molar-refractivity contribution in [3.05, 3.63) is 35.4 Å². The second kappa shape index (κ2) is 10.1. The Kier molecular flexibility index (Phi) is 8.86. The highest BCUT2D eigenvalue weighted by molar-refractivity contribution is 5.32. The quantitative estimate of drug-likeness (QED) is 0.597. The predicted octanol–water partition coefficient (Wildman–Crippen LogP) is 5.31. The standard InChI is InChI=1S/C21H37NO/c1-6-11-18(12-7-2)19-13-9-14-20(17-19)21(8-3,22(4)5)15-10-16-23/h9,13-14,17-18,23H,6-8,10-12,15-16H2,1-5H3. The Morgan fingerprint density at radius 1 is 1.09 bits per heavy atom. The third-order valence-corrected chi connectivity index (χ3v) is 5.36.